The van der Waals surface area contributed by atoms with Crippen molar-refractivity contribution in [1.29, 1.82) is 0 Å². The number of aromatic nitrogens is 4. The minimum atomic E-state index is -1.29. The van der Waals surface area contributed by atoms with Crippen LogP contribution in [0.4, 0.5) is 0 Å². The highest BCUT2D eigenvalue weighted by Gasteiger charge is 2.31. The van der Waals surface area contributed by atoms with Crippen LogP contribution in [0.1, 0.15) is 22.6 Å². The van der Waals surface area contributed by atoms with Crippen molar-refractivity contribution in [3.63, 3.8) is 0 Å². The number of H-pyrrole nitrogens is 4. The minimum absolute atomic E-state index is 0.125. The maximum atomic E-state index is 12.8. The molecule has 0 spiro atoms. The Kier molecular flexibility index (Phi) is 6.17. The lowest BCUT2D eigenvalue weighted by atomic mass is 9.86. The normalized spacial score (nSPS) is 10.8. The Morgan fingerprint density at radius 1 is 0.774 bits per heavy atom. The molecule has 0 bridgehead atoms. The van der Waals surface area contributed by atoms with E-state index in [-0.39, 0.29) is 43.5 Å². The Morgan fingerprint density at radius 3 is 1.52 bits per heavy atom. The van der Waals surface area contributed by atoms with Crippen molar-refractivity contribution in [2.24, 2.45) is 0 Å². The SMILES string of the molecule is COc1cc(C(c2c(O)[nH]c(=S)[nH]c2=O)c2c(O)[nH]c(=S)[nH]c2=O)cc(OC)c1OC. The van der Waals surface area contributed by atoms with Crippen LogP contribution in [-0.4, -0.2) is 51.5 Å². The van der Waals surface area contributed by atoms with Gasteiger partial charge in [0.2, 0.25) is 5.75 Å². The standard InChI is InChI=1S/C18H18N4O7S2/c1-27-7-4-6(5-8(28-2)12(7)29-3)9(10-13(23)19-17(30)20-14(10)24)11-15(25)21-18(31)22-16(11)26/h4-5,9H,1-3H3,(H3,19,20,23,24,30)(H3,21,22,25,26,31). The van der Waals surface area contributed by atoms with Crippen molar-refractivity contribution in [1.82, 2.24) is 19.9 Å². The summed E-state index contributed by atoms with van der Waals surface area (Å²) in [7, 11) is 4.20. The molecular weight excluding hydrogens is 448 g/mol. The summed E-state index contributed by atoms with van der Waals surface area (Å²) in [5, 5.41) is 21.0. The third kappa shape index (κ3) is 4.04. The van der Waals surface area contributed by atoms with Gasteiger partial charge in [0.25, 0.3) is 11.1 Å². The number of benzene rings is 1. The molecule has 6 N–H and O–H groups in total. The molecule has 0 atom stereocenters. The predicted molar refractivity (Wildman–Crippen MR) is 115 cm³/mol. The van der Waals surface area contributed by atoms with E-state index < -0.39 is 28.8 Å². The molecule has 0 fully saturated rings. The van der Waals surface area contributed by atoms with E-state index in [1.807, 2.05) is 0 Å². The van der Waals surface area contributed by atoms with E-state index in [2.05, 4.69) is 19.9 Å². The van der Waals surface area contributed by atoms with Crippen LogP contribution in [0, 0.1) is 9.54 Å². The van der Waals surface area contributed by atoms with Crippen molar-refractivity contribution in [2.75, 3.05) is 21.3 Å². The highest BCUT2D eigenvalue weighted by Crippen LogP contribution is 2.44. The molecular formula is C18H18N4O7S2. The van der Waals surface area contributed by atoms with Crippen molar-refractivity contribution < 1.29 is 24.4 Å². The number of aromatic hydroxyl groups is 2. The van der Waals surface area contributed by atoms with E-state index in [1.165, 1.54) is 33.5 Å². The molecule has 31 heavy (non-hydrogen) atoms. The maximum absolute atomic E-state index is 12.8. The maximum Gasteiger partial charge on any atom is 0.259 e. The number of methoxy groups -OCH3 is 3. The highest BCUT2D eigenvalue weighted by molar-refractivity contribution is 7.71. The van der Waals surface area contributed by atoms with Gasteiger partial charge in [-0.25, -0.2) is 0 Å². The Balaban J connectivity index is 2.48. The molecule has 1 aromatic carbocycles. The lowest BCUT2D eigenvalue weighted by Crippen LogP contribution is -2.25. The van der Waals surface area contributed by atoms with Gasteiger partial charge in [-0.15, -0.1) is 0 Å². The molecule has 3 aromatic rings. The second-order valence-electron chi connectivity index (χ2n) is 6.23. The molecule has 0 aliphatic rings. The molecule has 2 aromatic heterocycles. The van der Waals surface area contributed by atoms with Crippen LogP contribution in [-0.2, 0) is 0 Å². The Morgan fingerprint density at radius 2 is 1.19 bits per heavy atom. The van der Waals surface area contributed by atoms with Crippen LogP contribution in [0.2, 0.25) is 0 Å². The van der Waals surface area contributed by atoms with Crippen LogP contribution >= 0.6 is 24.4 Å². The molecule has 13 heteroatoms. The summed E-state index contributed by atoms with van der Waals surface area (Å²) in [6.07, 6.45) is 0. The molecule has 2 heterocycles. The fourth-order valence-electron chi connectivity index (χ4n) is 3.25. The Hall–Kier alpha value is -3.58. The summed E-state index contributed by atoms with van der Waals surface area (Å²) in [4.78, 5) is 35.1. The summed E-state index contributed by atoms with van der Waals surface area (Å²) in [5.41, 5.74) is -1.86. The van der Waals surface area contributed by atoms with E-state index in [1.54, 1.807) is 0 Å². The fraction of sp³-hybridized carbons (Fsp3) is 0.222. The molecule has 0 aliphatic carbocycles. The summed E-state index contributed by atoms with van der Waals surface area (Å²) >= 11 is 9.76. The number of aromatic amines is 4. The minimum Gasteiger partial charge on any atom is -0.494 e. The second kappa shape index (κ2) is 8.65. The molecule has 0 aliphatic heterocycles. The van der Waals surface area contributed by atoms with Gasteiger partial charge in [-0.05, 0) is 42.1 Å². The van der Waals surface area contributed by atoms with Crippen LogP contribution in [0.25, 0.3) is 0 Å². The molecule has 164 valence electrons. The highest BCUT2D eigenvalue weighted by atomic mass is 32.1. The molecule has 3 rings (SSSR count). The summed E-state index contributed by atoms with van der Waals surface area (Å²) in [6.45, 7) is 0. The van der Waals surface area contributed by atoms with Crippen molar-refractivity contribution >= 4 is 24.4 Å². The van der Waals surface area contributed by atoms with Gasteiger partial charge in [0.1, 0.15) is 0 Å². The first-order chi connectivity index (χ1) is 14.7. The average Bonchev–Trinajstić information content (AvgIpc) is 2.70. The zero-order valence-electron chi connectivity index (χ0n) is 16.5. The van der Waals surface area contributed by atoms with E-state index in [0.29, 0.717) is 0 Å². The van der Waals surface area contributed by atoms with Gasteiger partial charge in [-0.3, -0.25) is 19.6 Å². The Labute approximate surface area is 184 Å². The zero-order valence-corrected chi connectivity index (χ0v) is 18.1. The van der Waals surface area contributed by atoms with Gasteiger partial charge < -0.3 is 34.4 Å². The predicted octanol–water partition coefficient (Wildman–Crippen LogP) is 1.80. The second-order valence-corrected chi connectivity index (χ2v) is 7.05. The van der Waals surface area contributed by atoms with Crippen molar-refractivity contribution in [2.45, 2.75) is 5.92 Å². The molecule has 0 saturated carbocycles. The molecule has 11 nitrogen and oxygen atoms in total. The molecule has 0 unspecified atom stereocenters. The van der Waals surface area contributed by atoms with Crippen LogP contribution in [0.15, 0.2) is 21.7 Å². The van der Waals surface area contributed by atoms with Crippen LogP contribution < -0.4 is 25.3 Å². The van der Waals surface area contributed by atoms with Gasteiger partial charge in [-0.2, -0.15) is 0 Å². The summed E-state index contributed by atoms with van der Waals surface area (Å²) < 4.78 is 15.8. The van der Waals surface area contributed by atoms with Crippen molar-refractivity contribution in [3.05, 3.63) is 59.1 Å². The van der Waals surface area contributed by atoms with Gasteiger partial charge in [-0.1, -0.05) is 0 Å². The average molecular weight is 466 g/mol. The van der Waals surface area contributed by atoms with Crippen LogP contribution in [0.5, 0.6) is 29.0 Å². The quantitative estimate of drug-likeness (QED) is 0.297. The first kappa shape index (κ1) is 22.1. The number of rotatable bonds is 6. The van der Waals surface area contributed by atoms with Crippen molar-refractivity contribution in [3.8, 4) is 29.0 Å². The zero-order chi connectivity index (χ0) is 22.9. The van der Waals surface area contributed by atoms with Gasteiger partial charge >= 0.3 is 0 Å². The van der Waals surface area contributed by atoms with E-state index >= 15 is 0 Å². The fourth-order valence-corrected chi connectivity index (χ4v) is 3.63. The van der Waals surface area contributed by atoms with Gasteiger partial charge in [0.15, 0.2) is 32.8 Å². The summed E-state index contributed by atoms with van der Waals surface area (Å²) in [5.74, 6) is -1.76. The largest absolute Gasteiger partial charge is 0.494 e. The third-order valence-corrected chi connectivity index (χ3v) is 4.92. The number of hydrogen-bond acceptors (Lipinski definition) is 9. The summed E-state index contributed by atoms with van der Waals surface area (Å²) in [6, 6.07) is 2.96. The van der Waals surface area contributed by atoms with E-state index in [4.69, 9.17) is 38.6 Å². The number of ether oxygens (including phenoxy) is 3. The first-order valence-electron chi connectivity index (χ1n) is 8.62. The Bertz CT molecular complexity index is 1270. The lowest BCUT2D eigenvalue weighted by molar-refractivity contribution is 0.323. The van der Waals surface area contributed by atoms with Gasteiger partial charge in [0, 0.05) is 0 Å². The monoisotopic (exact) mass is 466 g/mol. The van der Waals surface area contributed by atoms with Gasteiger partial charge in [0.05, 0.1) is 38.4 Å². The van der Waals surface area contributed by atoms with E-state index in [9.17, 15) is 19.8 Å². The smallest absolute Gasteiger partial charge is 0.259 e. The van der Waals surface area contributed by atoms with E-state index in [0.717, 1.165) is 0 Å². The molecule has 0 amide bonds. The lowest BCUT2D eigenvalue weighted by Gasteiger charge is -2.21. The van der Waals surface area contributed by atoms with Crippen LogP contribution in [0.3, 0.4) is 0 Å². The number of nitrogens with one attached hydrogen (secondary N) is 4. The third-order valence-electron chi connectivity index (χ3n) is 4.52. The topological polar surface area (TPSA) is 165 Å². The molecule has 0 radical (unpaired) electrons. The number of hydrogen-bond donors (Lipinski definition) is 6. The molecule has 0 saturated heterocycles. The first-order valence-corrected chi connectivity index (χ1v) is 9.44.